The Hall–Kier alpha value is -3.85. The first-order chi connectivity index (χ1) is 16.5. The van der Waals surface area contributed by atoms with Crippen LogP contribution in [0.5, 0.6) is 17.2 Å². The van der Waals surface area contributed by atoms with Gasteiger partial charge >= 0.3 is 0 Å². The molecule has 1 aromatic heterocycles. The summed E-state index contributed by atoms with van der Waals surface area (Å²) in [6.45, 7) is 3.72. The van der Waals surface area contributed by atoms with Gasteiger partial charge in [-0.25, -0.2) is 4.39 Å². The van der Waals surface area contributed by atoms with Crippen LogP contribution in [0, 0.1) is 5.82 Å². The van der Waals surface area contributed by atoms with Crippen molar-refractivity contribution in [1.29, 1.82) is 0 Å². The Bertz CT molecular complexity index is 1240. The van der Waals surface area contributed by atoms with Crippen LogP contribution in [0.3, 0.4) is 0 Å². The highest BCUT2D eigenvalue weighted by atomic mass is 19.1. The van der Waals surface area contributed by atoms with Gasteiger partial charge in [0.2, 0.25) is 12.2 Å². The molecular formula is C25H24FN3O5. The molecule has 2 aromatic carbocycles. The van der Waals surface area contributed by atoms with E-state index in [1.165, 1.54) is 24.4 Å². The number of amides is 1. The first-order valence-corrected chi connectivity index (χ1v) is 11.1. The number of nitrogens with zero attached hydrogens (tertiary/aromatic N) is 2. The standard InChI is InChI=1S/C25H24FN3O5/c26-19-4-1-17(2-5-19)15-32-24-13-27-20(12-21(24)30)25(31)29-9-7-28(8-10-29)14-18-3-6-22-23(11-18)34-16-33-22/h1-6,11-13H,7-10,14-16H2,(H,27,30). The van der Waals surface area contributed by atoms with Gasteiger partial charge in [0.1, 0.15) is 18.1 Å². The van der Waals surface area contributed by atoms with Crippen LogP contribution in [0.25, 0.3) is 0 Å². The van der Waals surface area contributed by atoms with Crippen LogP contribution in [0.1, 0.15) is 21.6 Å². The number of aromatic nitrogens is 1. The van der Waals surface area contributed by atoms with Crippen LogP contribution < -0.4 is 19.6 Å². The fourth-order valence-corrected chi connectivity index (χ4v) is 4.01. The minimum Gasteiger partial charge on any atom is -0.483 e. The molecule has 1 saturated heterocycles. The molecule has 176 valence electrons. The number of hydrogen-bond acceptors (Lipinski definition) is 6. The van der Waals surface area contributed by atoms with E-state index >= 15 is 0 Å². The monoisotopic (exact) mass is 465 g/mol. The van der Waals surface area contributed by atoms with Crippen LogP contribution in [0.4, 0.5) is 4.39 Å². The number of fused-ring (bicyclic) bond motifs is 1. The number of benzene rings is 2. The van der Waals surface area contributed by atoms with Crippen LogP contribution in [-0.4, -0.2) is 53.7 Å². The summed E-state index contributed by atoms with van der Waals surface area (Å²) in [5, 5.41) is 0. The maximum absolute atomic E-state index is 13.0. The van der Waals surface area contributed by atoms with Crippen molar-refractivity contribution >= 4 is 5.91 Å². The summed E-state index contributed by atoms with van der Waals surface area (Å²) in [5.41, 5.74) is 1.71. The molecule has 3 aromatic rings. The fourth-order valence-electron chi connectivity index (χ4n) is 4.01. The molecule has 0 spiro atoms. The molecule has 1 amide bonds. The van der Waals surface area contributed by atoms with Crippen molar-refractivity contribution in [1.82, 2.24) is 14.8 Å². The molecule has 0 bridgehead atoms. The van der Waals surface area contributed by atoms with Crippen molar-refractivity contribution in [2.24, 2.45) is 0 Å². The highest BCUT2D eigenvalue weighted by Crippen LogP contribution is 2.32. The summed E-state index contributed by atoms with van der Waals surface area (Å²) in [5.74, 6) is 1.08. The highest BCUT2D eigenvalue weighted by molar-refractivity contribution is 5.92. The number of halogens is 1. The zero-order valence-corrected chi connectivity index (χ0v) is 18.5. The number of aromatic amines is 1. The second-order valence-corrected chi connectivity index (χ2v) is 8.25. The molecule has 0 atom stereocenters. The van der Waals surface area contributed by atoms with Gasteiger partial charge in [-0.05, 0) is 35.4 Å². The van der Waals surface area contributed by atoms with Crippen molar-refractivity contribution in [2.75, 3.05) is 33.0 Å². The van der Waals surface area contributed by atoms with Gasteiger partial charge in [0.15, 0.2) is 17.2 Å². The maximum Gasteiger partial charge on any atom is 0.270 e. The number of nitrogens with one attached hydrogen (secondary N) is 1. The minimum atomic E-state index is -0.384. The predicted octanol–water partition coefficient (Wildman–Crippen LogP) is 2.78. The lowest BCUT2D eigenvalue weighted by Crippen LogP contribution is -2.48. The molecule has 34 heavy (non-hydrogen) atoms. The van der Waals surface area contributed by atoms with Crippen LogP contribution in [0.2, 0.25) is 0 Å². The van der Waals surface area contributed by atoms with Crippen LogP contribution >= 0.6 is 0 Å². The third kappa shape index (κ3) is 4.89. The average Bonchev–Trinajstić information content (AvgIpc) is 3.32. The van der Waals surface area contributed by atoms with E-state index in [0.717, 1.165) is 42.3 Å². The van der Waals surface area contributed by atoms with Gasteiger partial charge in [-0.2, -0.15) is 0 Å². The fraction of sp³-hybridized carbons (Fsp3) is 0.280. The van der Waals surface area contributed by atoms with Crippen molar-refractivity contribution in [3.8, 4) is 17.2 Å². The quantitative estimate of drug-likeness (QED) is 0.603. The van der Waals surface area contributed by atoms with E-state index in [1.54, 1.807) is 17.0 Å². The zero-order valence-electron chi connectivity index (χ0n) is 18.5. The largest absolute Gasteiger partial charge is 0.483 e. The van der Waals surface area contributed by atoms with Crippen molar-refractivity contribution in [3.05, 3.63) is 87.6 Å². The van der Waals surface area contributed by atoms with Gasteiger partial charge in [-0.15, -0.1) is 0 Å². The second kappa shape index (κ2) is 9.56. The van der Waals surface area contributed by atoms with Crippen molar-refractivity contribution in [2.45, 2.75) is 13.2 Å². The molecule has 9 heteroatoms. The summed E-state index contributed by atoms with van der Waals surface area (Å²) in [7, 11) is 0. The number of rotatable bonds is 6. The van der Waals surface area contributed by atoms with Crippen LogP contribution in [0.15, 0.2) is 59.5 Å². The van der Waals surface area contributed by atoms with Crippen molar-refractivity contribution < 1.29 is 23.4 Å². The second-order valence-electron chi connectivity index (χ2n) is 8.25. The number of carbonyl (C=O) groups excluding carboxylic acids is 1. The molecule has 0 radical (unpaired) electrons. The molecule has 3 heterocycles. The van der Waals surface area contributed by atoms with Gasteiger partial charge in [0.05, 0.1) is 0 Å². The molecule has 8 nitrogen and oxygen atoms in total. The predicted molar refractivity (Wildman–Crippen MR) is 122 cm³/mol. The van der Waals surface area contributed by atoms with Gasteiger partial charge in [0.25, 0.3) is 5.91 Å². The molecule has 5 rings (SSSR count). The first kappa shape index (κ1) is 22.0. The van der Waals surface area contributed by atoms with E-state index in [-0.39, 0.29) is 42.0 Å². The summed E-state index contributed by atoms with van der Waals surface area (Å²) >= 11 is 0. The maximum atomic E-state index is 13.0. The Morgan fingerprint density at radius 3 is 2.47 bits per heavy atom. The first-order valence-electron chi connectivity index (χ1n) is 11.1. The molecule has 2 aliphatic rings. The normalized spacial score (nSPS) is 15.4. The van der Waals surface area contributed by atoms with Gasteiger partial charge in [-0.1, -0.05) is 18.2 Å². The van der Waals surface area contributed by atoms with Gasteiger partial charge in [0, 0.05) is 45.0 Å². The summed E-state index contributed by atoms with van der Waals surface area (Å²) in [6, 6.07) is 13.0. The van der Waals surface area contributed by atoms with E-state index in [1.807, 2.05) is 18.2 Å². The summed E-state index contributed by atoms with van der Waals surface area (Å²) < 4.78 is 29.3. The van der Waals surface area contributed by atoms with E-state index in [4.69, 9.17) is 14.2 Å². The minimum absolute atomic E-state index is 0.106. The molecule has 0 saturated carbocycles. The van der Waals surface area contributed by atoms with E-state index in [0.29, 0.717) is 13.1 Å². The number of hydrogen-bond donors (Lipinski definition) is 1. The molecule has 1 fully saturated rings. The van der Waals surface area contributed by atoms with Gasteiger partial charge < -0.3 is 24.1 Å². The third-order valence-corrected chi connectivity index (χ3v) is 5.92. The highest BCUT2D eigenvalue weighted by Gasteiger charge is 2.24. The Kier molecular flexibility index (Phi) is 6.18. The topological polar surface area (TPSA) is 84.1 Å². The lowest BCUT2D eigenvalue weighted by Gasteiger charge is -2.34. The summed E-state index contributed by atoms with van der Waals surface area (Å²) in [6.07, 6.45) is 1.40. The van der Waals surface area contributed by atoms with E-state index in [2.05, 4.69) is 9.88 Å². The Labute approximate surface area is 195 Å². The molecule has 1 N–H and O–H groups in total. The van der Waals surface area contributed by atoms with Crippen LogP contribution in [-0.2, 0) is 13.2 Å². The Morgan fingerprint density at radius 1 is 0.971 bits per heavy atom. The molecule has 0 unspecified atom stereocenters. The number of ether oxygens (including phenoxy) is 3. The zero-order chi connectivity index (χ0) is 23.5. The average molecular weight is 465 g/mol. The summed E-state index contributed by atoms with van der Waals surface area (Å²) in [4.78, 5) is 32.2. The van der Waals surface area contributed by atoms with E-state index < -0.39 is 0 Å². The smallest absolute Gasteiger partial charge is 0.270 e. The van der Waals surface area contributed by atoms with Crippen molar-refractivity contribution in [3.63, 3.8) is 0 Å². The SMILES string of the molecule is O=C(c1cc(=O)c(OCc2ccc(F)cc2)c[nH]1)N1CCN(Cc2ccc3c(c2)OCO3)CC1. The molecule has 0 aliphatic carbocycles. The van der Waals surface area contributed by atoms with E-state index in [9.17, 15) is 14.0 Å². The molecular weight excluding hydrogens is 441 g/mol. The number of pyridine rings is 1. The number of H-pyrrole nitrogens is 1. The lowest BCUT2D eigenvalue weighted by molar-refractivity contribution is 0.0622. The number of piperazine rings is 1. The van der Waals surface area contributed by atoms with Gasteiger partial charge in [-0.3, -0.25) is 14.5 Å². The third-order valence-electron chi connectivity index (χ3n) is 5.92. The Balaban J connectivity index is 1.14. The lowest BCUT2D eigenvalue weighted by atomic mass is 10.1. The number of carbonyl (C=O) groups is 1. The molecule has 2 aliphatic heterocycles. The Morgan fingerprint density at radius 2 is 1.71 bits per heavy atom.